The molecular weight excluding hydrogens is 465 g/mol. The van der Waals surface area contributed by atoms with Crippen LogP contribution in [0.3, 0.4) is 0 Å². The van der Waals surface area contributed by atoms with Gasteiger partial charge >= 0.3 is 5.97 Å². The summed E-state index contributed by atoms with van der Waals surface area (Å²) in [6.45, 7) is 1.21. The molecule has 0 unspecified atom stereocenters. The average Bonchev–Trinajstić information content (AvgIpc) is 2.68. The van der Waals surface area contributed by atoms with Crippen molar-refractivity contribution in [1.82, 2.24) is 0 Å². The zero-order valence-electron chi connectivity index (χ0n) is 15.6. The molecular formula is C19H13BrFN3O6. The van der Waals surface area contributed by atoms with E-state index in [1.807, 2.05) is 0 Å². The van der Waals surface area contributed by atoms with Crippen LogP contribution in [0.2, 0.25) is 0 Å². The van der Waals surface area contributed by atoms with E-state index in [0.717, 1.165) is 18.2 Å². The van der Waals surface area contributed by atoms with Gasteiger partial charge in [-0.05, 0) is 45.8 Å². The number of nitrogens with one attached hydrogen (secondary N) is 1. The summed E-state index contributed by atoms with van der Waals surface area (Å²) >= 11 is 3.22. The highest BCUT2D eigenvalue weighted by Gasteiger charge is 2.17. The maximum Gasteiger partial charge on any atom is 0.308 e. The summed E-state index contributed by atoms with van der Waals surface area (Å²) in [7, 11) is 1.34. The third kappa shape index (κ3) is 5.39. The predicted octanol–water partition coefficient (Wildman–Crippen LogP) is 3.98. The number of non-ortho nitro benzene ring substituents is 1. The van der Waals surface area contributed by atoms with Gasteiger partial charge in [0.25, 0.3) is 11.6 Å². The van der Waals surface area contributed by atoms with E-state index < -0.39 is 39.6 Å². The Labute approximate surface area is 178 Å². The van der Waals surface area contributed by atoms with Gasteiger partial charge in [0.2, 0.25) is 0 Å². The predicted molar refractivity (Wildman–Crippen MR) is 107 cm³/mol. The first-order valence-corrected chi connectivity index (χ1v) is 8.88. The first-order valence-electron chi connectivity index (χ1n) is 8.09. The van der Waals surface area contributed by atoms with E-state index in [1.165, 1.54) is 32.2 Å². The van der Waals surface area contributed by atoms with Crippen LogP contribution in [0, 0.1) is 27.3 Å². The Balaban J connectivity index is 2.38. The van der Waals surface area contributed by atoms with Crippen molar-refractivity contribution in [3.8, 4) is 17.6 Å². The first-order chi connectivity index (χ1) is 14.2. The largest absolute Gasteiger partial charge is 0.493 e. The quantitative estimate of drug-likeness (QED) is 0.166. The number of rotatable bonds is 6. The van der Waals surface area contributed by atoms with Crippen molar-refractivity contribution in [3.05, 3.63) is 61.9 Å². The van der Waals surface area contributed by atoms with Crippen molar-refractivity contribution in [2.45, 2.75) is 6.92 Å². The van der Waals surface area contributed by atoms with Gasteiger partial charge in [0.15, 0.2) is 11.5 Å². The average molecular weight is 478 g/mol. The zero-order chi connectivity index (χ0) is 22.4. The van der Waals surface area contributed by atoms with Gasteiger partial charge in [0.05, 0.1) is 22.2 Å². The molecule has 2 aromatic rings. The van der Waals surface area contributed by atoms with E-state index in [0.29, 0.717) is 10.0 Å². The molecule has 0 aromatic heterocycles. The summed E-state index contributed by atoms with van der Waals surface area (Å²) < 4.78 is 24.4. The second-order valence-electron chi connectivity index (χ2n) is 5.67. The summed E-state index contributed by atoms with van der Waals surface area (Å²) in [5.41, 5.74) is -0.945. The van der Waals surface area contributed by atoms with E-state index in [4.69, 9.17) is 9.47 Å². The summed E-state index contributed by atoms with van der Waals surface area (Å²) in [5, 5.41) is 22.3. The fourth-order valence-electron chi connectivity index (χ4n) is 2.29. The Morgan fingerprint density at radius 3 is 2.60 bits per heavy atom. The molecule has 2 rings (SSSR count). The number of esters is 1. The number of nitriles is 1. The number of nitro groups is 1. The SMILES string of the molecule is COc1cc(/C=C(\C#N)C(=O)Nc2cc([N+](=O)[O-])ccc2F)cc(Br)c1OC(C)=O. The Kier molecular flexibility index (Phi) is 7.22. The molecule has 1 amide bonds. The van der Waals surface area contributed by atoms with Crippen molar-refractivity contribution >= 4 is 45.3 Å². The summed E-state index contributed by atoms with van der Waals surface area (Å²) in [6.07, 6.45) is 1.19. The van der Waals surface area contributed by atoms with E-state index in [9.17, 15) is 29.4 Å². The second kappa shape index (κ2) is 9.62. The van der Waals surface area contributed by atoms with Gasteiger partial charge in [-0.25, -0.2) is 4.39 Å². The van der Waals surface area contributed by atoms with Gasteiger partial charge in [0.1, 0.15) is 17.5 Å². The molecule has 0 heterocycles. The number of ether oxygens (including phenoxy) is 2. The summed E-state index contributed by atoms with van der Waals surface area (Å²) in [5.74, 6) is -2.18. The zero-order valence-corrected chi connectivity index (χ0v) is 17.1. The van der Waals surface area contributed by atoms with Crippen LogP contribution in [0.4, 0.5) is 15.8 Å². The lowest BCUT2D eigenvalue weighted by Gasteiger charge is -2.11. The van der Waals surface area contributed by atoms with Gasteiger partial charge in [-0.3, -0.25) is 19.7 Å². The van der Waals surface area contributed by atoms with Crippen molar-refractivity contribution < 1.29 is 28.4 Å². The highest BCUT2D eigenvalue weighted by atomic mass is 79.9. The molecule has 0 aliphatic heterocycles. The third-order valence-corrected chi connectivity index (χ3v) is 4.17. The van der Waals surface area contributed by atoms with E-state index in [1.54, 1.807) is 6.07 Å². The van der Waals surface area contributed by atoms with Crippen molar-refractivity contribution in [2.75, 3.05) is 12.4 Å². The molecule has 11 heteroatoms. The molecule has 0 saturated heterocycles. The summed E-state index contributed by atoms with van der Waals surface area (Å²) in [4.78, 5) is 33.7. The van der Waals surface area contributed by atoms with Crippen LogP contribution < -0.4 is 14.8 Å². The van der Waals surface area contributed by atoms with Gasteiger partial charge in [-0.15, -0.1) is 0 Å². The molecule has 0 spiro atoms. The first kappa shape index (κ1) is 22.5. The number of halogens is 2. The Morgan fingerprint density at radius 1 is 1.33 bits per heavy atom. The van der Waals surface area contributed by atoms with Crippen LogP contribution in [0.5, 0.6) is 11.5 Å². The molecule has 0 radical (unpaired) electrons. The topological polar surface area (TPSA) is 132 Å². The molecule has 0 bridgehead atoms. The molecule has 0 aliphatic rings. The number of nitrogens with zero attached hydrogens (tertiary/aromatic N) is 2. The van der Waals surface area contributed by atoms with Crippen LogP contribution in [0.25, 0.3) is 6.08 Å². The normalized spacial score (nSPS) is 10.7. The fraction of sp³-hybridized carbons (Fsp3) is 0.105. The van der Waals surface area contributed by atoms with E-state index in [-0.39, 0.29) is 11.5 Å². The second-order valence-corrected chi connectivity index (χ2v) is 6.53. The lowest BCUT2D eigenvalue weighted by atomic mass is 10.1. The molecule has 2 aromatic carbocycles. The number of amides is 1. The van der Waals surface area contributed by atoms with Crippen molar-refractivity contribution in [1.29, 1.82) is 5.26 Å². The third-order valence-electron chi connectivity index (χ3n) is 3.58. The maximum absolute atomic E-state index is 13.9. The fourth-order valence-corrected chi connectivity index (χ4v) is 2.83. The number of hydrogen-bond acceptors (Lipinski definition) is 7. The maximum atomic E-state index is 13.9. The van der Waals surface area contributed by atoms with Crippen LogP contribution in [-0.2, 0) is 9.59 Å². The molecule has 9 nitrogen and oxygen atoms in total. The lowest BCUT2D eigenvalue weighted by Crippen LogP contribution is -2.14. The van der Waals surface area contributed by atoms with Crippen LogP contribution >= 0.6 is 15.9 Å². The van der Waals surface area contributed by atoms with Crippen LogP contribution in [-0.4, -0.2) is 23.9 Å². The van der Waals surface area contributed by atoms with Crippen LogP contribution in [0.15, 0.2) is 40.4 Å². The monoisotopic (exact) mass is 477 g/mol. The minimum atomic E-state index is -0.976. The molecule has 0 fully saturated rings. The van der Waals surface area contributed by atoms with Gasteiger partial charge in [-0.2, -0.15) is 5.26 Å². The Bertz CT molecular complexity index is 1110. The highest BCUT2D eigenvalue weighted by Crippen LogP contribution is 2.37. The molecule has 30 heavy (non-hydrogen) atoms. The molecule has 0 aliphatic carbocycles. The molecule has 0 atom stereocenters. The Morgan fingerprint density at radius 2 is 2.03 bits per heavy atom. The summed E-state index contributed by atoms with van der Waals surface area (Å²) in [6, 6.07) is 7.19. The number of carbonyl (C=O) groups excluding carboxylic acids is 2. The van der Waals surface area contributed by atoms with Gasteiger partial charge in [-0.1, -0.05) is 0 Å². The number of nitro benzene ring substituents is 1. The number of hydrogen-bond donors (Lipinski definition) is 1. The van der Waals surface area contributed by atoms with Gasteiger partial charge in [0, 0.05) is 19.1 Å². The van der Waals surface area contributed by atoms with Crippen LogP contribution in [0.1, 0.15) is 12.5 Å². The van der Waals surface area contributed by atoms with E-state index in [2.05, 4.69) is 21.2 Å². The molecule has 0 saturated carbocycles. The molecule has 1 N–H and O–H groups in total. The van der Waals surface area contributed by atoms with E-state index >= 15 is 0 Å². The minimum absolute atomic E-state index is 0.115. The molecule has 154 valence electrons. The number of benzene rings is 2. The smallest absolute Gasteiger partial charge is 0.308 e. The minimum Gasteiger partial charge on any atom is -0.493 e. The highest BCUT2D eigenvalue weighted by molar-refractivity contribution is 9.10. The van der Waals surface area contributed by atoms with Crippen molar-refractivity contribution in [3.63, 3.8) is 0 Å². The Hall–Kier alpha value is -3.78. The number of carbonyl (C=O) groups is 2. The van der Waals surface area contributed by atoms with Gasteiger partial charge < -0.3 is 14.8 Å². The number of methoxy groups -OCH3 is 1. The van der Waals surface area contributed by atoms with Crippen molar-refractivity contribution in [2.24, 2.45) is 0 Å². The lowest BCUT2D eigenvalue weighted by molar-refractivity contribution is -0.384. The number of anilines is 1. The standard InChI is InChI=1S/C19H13BrFN3O6/c1-10(25)30-18-14(20)6-11(7-17(18)29-2)5-12(9-22)19(26)23-16-8-13(24(27)28)3-4-15(16)21/h3-8H,1-2H3,(H,23,26)/b12-5+.